The molecule has 3 nitrogen and oxygen atoms in total. The monoisotopic (exact) mass is 230 g/mol. The summed E-state index contributed by atoms with van der Waals surface area (Å²) in [5.41, 5.74) is 0.695. The van der Waals surface area contributed by atoms with Crippen LogP contribution in [0.25, 0.3) is 0 Å². The van der Waals surface area contributed by atoms with Gasteiger partial charge in [0, 0.05) is 6.42 Å². The molecule has 0 N–H and O–H groups in total. The van der Waals surface area contributed by atoms with E-state index in [4.69, 9.17) is 4.74 Å². The van der Waals surface area contributed by atoms with E-state index in [1.807, 2.05) is 0 Å². The number of benzene rings is 1. The highest BCUT2D eigenvalue weighted by molar-refractivity contribution is 5.56. The molecule has 0 atom stereocenters. The van der Waals surface area contributed by atoms with Crippen molar-refractivity contribution in [2.45, 2.75) is 20.0 Å². The molecule has 88 valence electrons. The maximum atomic E-state index is 12.1. The van der Waals surface area contributed by atoms with Crippen molar-refractivity contribution in [3.63, 3.8) is 0 Å². The SMILES string of the molecule is CCOc1cc(CC=O)ccc1OC(F)F. The molecule has 1 aromatic carbocycles. The lowest BCUT2D eigenvalue weighted by molar-refractivity contribution is -0.107. The van der Waals surface area contributed by atoms with Crippen molar-refractivity contribution >= 4 is 6.29 Å². The van der Waals surface area contributed by atoms with E-state index >= 15 is 0 Å². The zero-order valence-corrected chi connectivity index (χ0v) is 8.78. The number of aldehydes is 1. The summed E-state index contributed by atoms with van der Waals surface area (Å²) in [7, 11) is 0. The van der Waals surface area contributed by atoms with Crippen molar-refractivity contribution in [1.82, 2.24) is 0 Å². The Morgan fingerprint density at radius 1 is 1.38 bits per heavy atom. The van der Waals surface area contributed by atoms with Gasteiger partial charge in [-0.3, -0.25) is 0 Å². The second kappa shape index (κ2) is 6.05. The van der Waals surface area contributed by atoms with Crippen molar-refractivity contribution in [1.29, 1.82) is 0 Å². The third-order valence-electron chi connectivity index (χ3n) is 1.84. The minimum atomic E-state index is -2.89. The third-order valence-corrected chi connectivity index (χ3v) is 1.84. The molecule has 0 saturated carbocycles. The van der Waals surface area contributed by atoms with Crippen LogP contribution in [0.4, 0.5) is 8.78 Å². The van der Waals surface area contributed by atoms with E-state index in [0.29, 0.717) is 12.2 Å². The van der Waals surface area contributed by atoms with Gasteiger partial charge in [0.2, 0.25) is 0 Å². The van der Waals surface area contributed by atoms with Crippen molar-refractivity contribution in [3.05, 3.63) is 23.8 Å². The molecule has 0 spiro atoms. The first-order chi connectivity index (χ1) is 7.67. The zero-order valence-electron chi connectivity index (χ0n) is 8.78. The number of ether oxygens (including phenoxy) is 2. The molecule has 0 fully saturated rings. The Hall–Kier alpha value is -1.65. The highest BCUT2D eigenvalue weighted by Crippen LogP contribution is 2.29. The van der Waals surface area contributed by atoms with Gasteiger partial charge in [0.1, 0.15) is 6.29 Å². The van der Waals surface area contributed by atoms with Gasteiger partial charge in [0.05, 0.1) is 6.61 Å². The molecule has 0 unspecified atom stereocenters. The molecule has 0 amide bonds. The van der Waals surface area contributed by atoms with E-state index in [1.54, 1.807) is 13.0 Å². The van der Waals surface area contributed by atoms with Gasteiger partial charge in [0.15, 0.2) is 11.5 Å². The van der Waals surface area contributed by atoms with Gasteiger partial charge >= 0.3 is 6.61 Å². The second-order valence-corrected chi connectivity index (χ2v) is 2.96. The Labute approximate surface area is 92.0 Å². The lowest BCUT2D eigenvalue weighted by atomic mass is 10.1. The van der Waals surface area contributed by atoms with Crippen LogP contribution in [0, 0.1) is 0 Å². The standard InChI is InChI=1S/C11H12F2O3/c1-2-15-10-7-8(5-6-14)3-4-9(10)16-11(12)13/h3-4,6-7,11H,2,5H2,1H3. The van der Waals surface area contributed by atoms with Gasteiger partial charge in [-0.15, -0.1) is 0 Å². The van der Waals surface area contributed by atoms with Crippen LogP contribution >= 0.6 is 0 Å². The minimum absolute atomic E-state index is 0.0218. The normalized spacial score (nSPS) is 10.2. The van der Waals surface area contributed by atoms with Gasteiger partial charge in [-0.25, -0.2) is 0 Å². The van der Waals surface area contributed by atoms with Crippen LogP contribution in [0.3, 0.4) is 0 Å². The number of carbonyl (C=O) groups is 1. The smallest absolute Gasteiger partial charge is 0.387 e. The largest absolute Gasteiger partial charge is 0.490 e. The fourth-order valence-electron chi connectivity index (χ4n) is 1.24. The summed E-state index contributed by atoms with van der Waals surface area (Å²) >= 11 is 0. The molecule has 5 heteroatoms. The molecule has 0 bridgehead atoms. The van der Waals surface area contributed by atoms with E-state index in [1.165, 1.54) is 12.1 Å². The molecule has 0 aromatic heterocycles. The molecule has 1 aromatic rings. The van der Waals surface area contributed by atoms with Gasteiger partial charge in [0.25, 0.3) is 0 Å². The average Bonchev–Trinajstić information content (AvgIpc) is 2.22. The van der Waals surface area contributed by atoms with Crippen LogP contribution in [-0.2, 0) is 11.2 Å². The number of rotatable bonds is 6. The molecule has 16 heavy (non-hydrogen) atoms. The summed E-state index contributed by atoms with van der Waals surface area (Å²) in [5, 5.41) is 0. The van der Waals surface area contributed by atoms with E-state index in [0.717, 1.165) is 6.29 Å². The number of alkyl halides is 2. The molecule has 0 aliphatic heterocycles. The maximum absolute atomic E-state index is 12.1. The fraction of sp³-hybridized carbons (Fsp3) is 0.364. The zero-order chi connectivity index (χ0) is 12.0. The van der Waals surface area contributed by atoms with Crippen molar-refractivity contribution < 1.29 is 23.0 Å². The van der Waals surface area contributed by atoms with Crippen LogP contribution in [0.5, 0.6) is 11.5 Å². The second-order valence-electron chi connectivity index (χ2n) is 2.96. The quantitative estimate of drug-likeness (QED) is 0.704. The topological polar surface area (TPSA) is 35.5 Å². The van der Waals surface area contributed by atoms with Gasteiger partial charge in [-0.05, 0) is 24.6 Å². The highest BCUT2D eigenvalue weighted by Gasteiger charge is 2.11. The van der Waals surface area contributed by atoms with Gasteiger partial charge < -0.3 is 14.3 Å². The molecule has 0 saturated heterocycles. The Balaban J connectivity index is 2.93. The highest BCUT2D eigenvalue weighted by atomic mass is 19.3. The summed E-state index contributed by atoms with van der Waals surface area (Å²) in [4.78, 5) is 10.3. The maximum Gasteiger partial charge on any atom is 0.387 e. The van der Waals surface area contributed by atoms with E-state index in [2.05, 4.69) is 4.74 Å². The summed E-state index contributed by atoms with van der Waals surface area (Å²) in [6.45, 7) is -0.820. The molecule has 0 radical (unpaired) electrons. The van der Waals surface area contributed by atoms with Crippen LogP contribution in [-0.4, -0.2) is 19.5 Å². The molecule has 0 aliphatic rings. The Bertz CT molecular complexity index is 353. The summed E-state index contributed by atoms with van der Waals surface area (Å²) in [6.07, 6.45) is 0.952. The first-order valence-electron chi connectivity index (χ1n) is 4.81. The third kappa shape index (κ3) is 3.49. The van der Waals surface area contributed by atoms with E-state index < -0.39 is 6.61 Å². The summed E-state index contributed by atoms with van der Waals surface area (Å²) < 4.78 is 33.5. The molecule has 0 heterocycles. The Morgan fingerprint density at radius 3 is 2.69 bits per heavy atom. The Kier molecular flexibility index (Phi) is 4.69. The molecule has 0 aliphatic carbocycles. The summed E-state index contributed by atoms with van der Waals surface area (Å²) in [5.74, 6) is 0.202. The molecular formula is C11H12F2O3. The number of hydrogen-bond donors (Lipinski definition) is 0. The van der Waals surface area contributed by atoms with Crippen LogP contribution in [0.15, 0.2) is 18.2 Å². The minimum Gasteiger partial charge on any atom is -0.490 e. The van der Waals surface area contributed by atoms with Crippen molar-refractivity contribution in [2.24, 2.45) is 0 Å². The van der Waals surface area contributed by atoms with Crippen molar-refractivity contribution in [3.8, 4) is 11.5 Å². The molecule has 1 rings (SSSR count). The van der Waals surface area contributed by atoms with Crippen molar-refractivity contribution in [2.75, 3.05) is 6.61 Å². The lowest BCUT2D eigenvalue weighted by Gasteiger charge is -2.11. The van der Waals surface area contributed by atoms with Crippen LogP contribution in [0.2, 0.25) is 0 Å². The average molecular weight is 230 g/mol. The number of hydrogen-bond acceptors (Lipinski definition) is 3. The first kappa shape index (κ1) is 12.4. The number of carbonyl (C=O) groups excluding carboxylic acids is 1. The Morgan fingerprint density at radius 2 is 2.12 bits per heavy atom. The predicted octanol–water partition coefficient (Wildman–Crippen LogP) is 2.43. The predicted molar refractivity (Wildman–Crippen MR) is 54.0 cm³/mol. The van der Waals surface area contributed by atoms with Gasteiger partial charge in [-0.2, -0.15) is 8.78 Å². The fourth-order valence-corrected chi connectivity index (χ4v) is 1.24. The van der Waals surface area contributed by atoms with Gasteiger partial charge in [-0.1, -0.05) is 6.07 Å². The number of halogens is 2. The van der Waals surface area contributed by atoms with Crippen LogP contribution < -0.4 is 9.47 Å². The first-order valence-corrected chi connectivity index (χ1v) is 4.81. The van der Waals surface area contributed by atoms with E-state index in [-0.39, 0.29) is 17.9 Å². The summed E-state index contributed by atoms with van der Waals surface area (Å²) in [6, 6.07) is 4.44. The molecular weight excluding hydrogens is 218 g/mol. The van der Waals surface area contributed by atoms with Crippen LogP contribution in [0.1, 0.15) is 12.5 Å². The van der Waals surface area contributed by atoms with E-state index in [9.17, 15) is 13.6 Å². The lowest BCUT2D eigenvalue weighted by Crippen LogP contribution is -2.05.